The quantitative estimate of drug-likeness (QED) is 0.560. The van der Waals surface area contributed by atoms with Crippen molar-refractivity contribution in [1.82, 2.24) is 29.7 Å². The number of fused-ring (bicyclic) bond motifs is 1. The number of hydrogen-bond donors (Lipinski definition) is 1. The smallest absolute Gasteiger partial charge is 0.296 e. The maximum absolute atomic E-state index is 14.0. The molecule has 2 saturated heterocycles. The second-order valence-electron chi connectivity index (χ2n) is 8.48. The second kappa shape index (κ2) is 10.1. The van der Waals surface area contributed by atoms with E-state index in [1.165, 1.54) is 4.57 Å². The summed E-state index contributed by atoms with van der Waals surface area (Å²) in [4.78, 5) is 31.8. The Morgan fingerprint density at radius 1 is 1.00 bits per heavy atom. The van der Waals surface area contributed by atoms with E-state index in [2.05, 4.69) is 20.1 Å². The number of morpholine rings is 1. The van der Waals surface area contributed by atoms with Crippen molar-refractivity contribution in [2.24, 2.45) is 0 Å². The summed E-state index contributed by atoms with van der Waals surface area (Å²) in [6, 6.07) is 8.88. The third kappa shape index (κ3) is 4.76. The molecule has 1 N–H and O–H groups in total. The van der Waals surface area contributed by atoms with Gasteiger partial charge in [-0.1, -0.05) is 12.1 Å². The van der Waals surface area contributed by atoms with Gasteiger partial charge in [-0.25, -0.2) is 13.8 Å². The zero-order valence-electron chi connectivity index (χ0n) is 19.5. The molecule has 1 amide bonds. The van der Waals surface area contributed by atoms with E-state index in [-0.39, 0.29) is 11.9 Å². The van der Waals surface area contributed by atoms with E-state index < -0.39 is 12.2 Å². The maximum Gasteiger partial charge on any atom is 0.296 e. The van der Waals surface area contributed by atoms with E-state index >= 15 is 0 Å². The van der Waals surface area contributed by atoms with Gasteiger partial charge in [-0.2, -0.15) is 9.97 Å². The molecule has 35 heavy (non-hydrogen) atoms. The minimum Gasteiger partial charge on any atom is -0.378 e. The van der Waals surface area contributed by atoms with Crippen LogP contribution in [-0.4, -0.2) is 96.4 Å². The van der Waals surface area contributed by atoms with Crippen LogP contribution in [0, 0.1) is 0 Å². The van der Waals surface area contributed by atoms with E-state index in [0.29, 0.717) is 81.7 Å². The summed E-state index contributed by atoms with van der Waals surface area (Å²) in [5, 5.41) is 2.89. The molecule has 12 heteroatoms. The predicted octanol–water partition coefficient (Wildman–Crippen LogP) is 1.46. The Bertz CT molecular complexity index is 1190. The van der Waals surface area contributed by atoms with E-state index in [4.69, 9.17) is 14.7 Å². The number of anilines is 2. The Morgan fingerprint density at radius 2 is 1.66 bits per heavy atom. The number of carbonyl (C=O) groups is 1. The molecule has 10 nitrogen and oxygen atoms in total. The van der Waals surface area contributed by atoms with Crippen molar-refractivity contribution in [2.45, 2.75) is 6.43 Å². The van der Waals surface area contributed by atoms with Crippen LogP contribution in [0.1, 0.15) is 12.2 Å². The van der Waals surface area contributed by atoms with Gasteiger partial charge in [0.05, 0.1) is 30.8 Å². The maximum atomic E-state index is 14.0. The Morgan fingerprint density at radius 3 is 2.31 bits per heavy atom. The molecule has 186 valence electrons. The molecule has 2 fully saturated rings. The van der Waals surface area contributed by atoms with Crippen LogP contribution in [0.2, 0.25) is 0 Å². The van der Waals surface area contributed by atoms with Gasteiger partial charge in [0.1, 0.15) is 11.6 Å². The molecule has 5 rings (SSSR count). The number of halogens is 2. The van der Waals surface area contributed by atoms with Crippen molar-refractivity contribution < 1.29 is 18.3 Å². The molecule has 2 aromatic heterocycles. The van der Waals surface area contributed by atoms with Gasteiger partial charge in [0.15, 0.2) is 5.82 Å². The number of aromatic nitrogens is 4. The molecule has 0 radical (unpaired) electrons. The Balaban J connectivity index is 1.54. The number of likely N-dealkylation sites (N-methyl/N-ethyl adjacent to an activating group) is 1. The highest BCUT2D eigenvalue weighted by Gasteiger charge is 2.26. The van der Waals surface area contributed by atoms with Gasteiger partial charge >= 0.3 is 0 Å². The zero-order valence-corrected chi connectivity index (χ0v) is 19.5. The topological polar surface area (TPSA) is 91.7 Å². The van der Waals surface area contributed by atoms with Crippen LogP contribution in [0.15, 0.2) is 30.3 Å². The number of rotatable bonds is 6. The Labute approximate surface area is 201 Å². The molecule has 0 bridgehead atoms. The number of alkyl halides is 2. The lowest BCUT2D eigenvalue weighted by atomic mass is 10.3. The molecule has 2 aliphatic rings. The lowest BCUT2D eigenvalue weighted by Crippen LogP contribution is -2.51. The average Bonchev–Trinajstić information content (AvgIpc) is 3.29. The van der Waals surface area contributed by atoms with Crippen molar-refractivity contribution in [3.8, 4) is 5.95 Å². The summed E-state index contributed by atoms with van der Waals surface area (Å²) >= 11 is 0. The lowest BCUT2D eigenvalue weighted by molar-refractivity contribution is -0.130. The summed E-state index contributed by atoms with van der Waals surface area (Å²) in [6.07, 6.45) is -2.79. The third-order valence-corrected chi connectivity index (χ3v) is 6.29. The summed E-state index contributed by atoms with van der Waals surface area (Å²) in [6.45, 7) is 5.01. The van der Waals surface area contributed by atoms with E-state index in [1.54, 1.807) is 31.3 Å². The number of ether oxygens (including phenoxy) is 1. The van der Waals surface area contributed by atoms with Crippen molar-refractivity contribution >= 4 is 28.6 Å². The van der Waals surface area contributed by atoms with Crippen molar-refractivity contribution in [3.05, 3.63) is 36.2 Å². The number of benzene rings is 1. The van der Waals surface area contributed by atoms with Crippen LogP contribution in [0.3, 0.4) is 0 Å². The van der Waals surface area contributed by atoms with Gasteiger partial charge in [0.25, 0.3) is 6.43 Å². The number of carbonyl (C=O) groups excluding carboxylic acids is 1. The van der Waals surface area contributed by atoms with E-state index in [0.717, 1.165) is 0 Å². The fourth-order valence-electron chi connectivity index (χ4n) is 4.48. The normalized spacial score (nSPS) is 17.0. The minimum atomic E-state index is -2.79. The van der Waals surface area contributed by atoms with Gasteiger partial charge in [0.2, 0.25) is 11.9 Å². The molecule has 0 saturated carbocycles. The highest BCUT2D eigenvalue weighted by atomic mass is 19.3. The number of imidazole rings is 1. The van der Waals surface area contributed by atoms with Crippen LogP contribution in [-0.2, 0) is 9.53 Å². The Kier molecular flexibility index (Phi) is 6.73. The molecular formula is C23H28F2N8O2. The molecule has 1 aromatic carbocycles. The van der Waals surface area contributed by atoms with Gasteiger partial charge < -0.3 is 24.8 Å². The number of hydrogen-bond acceptors (Lipinski definition) is 8. The lowest BCUT2D eigenvalue weighted by Gasteiger charge is -2.36. The number of nitrogens with zero attached hydrogens (tertiary/aromatic N) is 7. The van der Waals surface area contributed by atoms with Gasteiger partial charge in [0, 0.05) is 45.3 Å². The number of amides is 1. The van der Waals surface area contributed by atoms with Crippen LogP contribution >= 0.6 is 0 Å². The standard InChI is InChI=1S/C23H28F2N8O2/c1-26-15-20(34)32-8-6-30(7-9-32)18-14-19(31-10-12-35-13-11-31)29-23(28-18)33-17-5-3-2-4-16(17)27-22(33)21(24)25/h2-5,14,21,26H,6-13,15H2,1H3. The summed E-state index contributed by atoms with van der Waals surface area (Å²) in [5.41, 5.74) is 0.983. The first kappa shape index (κ1) is 23.4. The monoisotopic (exact) mass is 486 g/mol. The number of para-hydroxylation sites is 2. The molecule has 4 heterocycles. The highest BCUT2D eigenvalue weighted by Crippen LogP contribution is 2.29. The van der Waals surface area contributed by atoms with Crippen LogP contribution in [0.5, 0.6) is 0 Å². The Hall–Kier alpha value is -3.38. The largest absolute Gasteiger partial charge is 0.378 e. The number of nitrogens with one attached hydrogen (secondary N) is 1. The van der Waals surface area contributed by atoms with E-state index in [1.807, 2.05) is 11.0 Å². The molecule has 3 aromatic rings. The van der Waals surface area contributed by atoms with Crippen molar-refractivity contribution in [1.29, 1.82) is 0 Å². The minimum absolute atomic E-state index is 0.0518. The summed E-state index contributed by atoms with van der Waals surface area (Å²) in [5.74, 6) is 1.10. The first-order chi connectivity index (χ1) is 17.0. The predicted molar refractivity (Wildman–Crippen MR) is 127 cm³/mol. The van der Waals surface area contributed by atoms with Gasteiger partial charge in [-0.05, 0) is 19.2 Å². The summed E-state index contributed by atoms with van der Waals surface area (Å²) in [7, 11) is 1.75. The fraction of sp³-hybridized carbons (Fsp3) is 0.478. The first-order valence-corrected chi connectivity index (χ1v) is 11.7. The summed E-state index contributed by atoms with van der Waals surface area (Å²) < 4.78 is 34.9. The third-order valence-electron chi connectivity index (χ3n) is 6.29. The molecule has 0 spiro atoms. The average molecular weight is 487 g/mol. The molecule has 2 aliphatic heterocycles. The van der Waals surface area contributed by atoms with Gasteiger partial charge in [-0.3, -0.25) is 9.36 Å². The molecular weight excluding hydrogens is 458 g/mol. The first-order valence-electron chi connectivity index (χ1n) is 11.7. The van der Waals surface area contributed by atoms with Crippen LogP contribution < -0.4 is 15.1 Å². The SMILES string of the molecule is CNCC(=O)N1CCN(c2cc(N3CCOCC3)nc(-n3c(C(F)F)nc4ccccc43)n2)CC1. The second-order valence-corrected chi connectivity index (χ2v) is 8.48. The highest BCUT2D eigenvalue weighted by molar-refractivity contribution is 5.79. The molecule has 0 unspecified atom stereocenters. The molecule has 0 aliphatic carbocycles. The van der Waals surface area contributed by atoms with Crippen LogP contribution in [0.4, 0.5) is 20.4 Å². The van der Waals surface area contributed by atoms with Crippen molar-refractivity contribution in [2.75, 3.05) is 75.9 Å². The van der Waals surface area contributed by atoms with Crippen LogP contribution in [0.25, 0.3) is 17.0 Å². The fourth-order valence-corrected chi connectivity index (χ4v) is 4.48. The van der Waals surface area contributed by atoms with E-state index in [9.17, 15) is 13.6 Å². The van der Waals surface area contributed by atoms with Gasteiger partial charge in [-0.15, -0.1) is 0 Å². The van der Waals surface area contributed by atoms with Crippen molar-refractivity contribution in [3.63, 3.8) is 0 Å². The molecule has 0 atom stereocenters. The number of piperazine rings is 1. The zero-order chi connectivity index (χ0) is 24.4.